The summed E-state index contributed by atoms with van der Waals surface area (Å²) in [4.78, 5) is 11.2. The van der Waals surface area contributed by atoms with E-state index in [0.29, 0.717) is 0 Å². The van der Waals surface area contributed by atoms with E-state index in [0.717, 1.165) is 12.8 Å². The van der Waals surface area contributed by atoms with Crippen LogP contribution in [0.5, 0.6) is 0 Å². The van der Waals surface area contributed by atoms with Crippen LogP contribution in [-0.2, 0) is 4.79 Å². The second-order valence-electron chi connectivity index (χ2n) is 3.33. The highest BCUT2D eigenvalue weighted by Gasteiger charge is 2.73. The molecule has 10 heavy (non-hydrogen) atoms. The van der Waals surface area contributed by atoms with E-state index in [4.69, 9.17) is 23.2 Å². The van der Waals surface area contributed by atoms with Gasteiger partial charge in [-0.25, -0.2) is 0 Å². The molecule has 1 nitrogen and oxygen atoms in total. The normalized spacial score (nSPS) is 39.5. The van der Waals surface area contributed by atoms with Gasteiger partial charge in [0.1, 0.15) is 0 Å². The Bertz CT molecular complexity index is 198. The van der Waals surface area contributed by atoms with Crippen LogP contribution in [0.15, 0.2) is 0 Å². The average molecular weight is 179 g/mol. The van der Waals surface area contributed by atoms with Gasteiger partial charge in [-0.1, -0.05) is 30.1 Å². The molecular weight excluding hydrogens is 171 g/mol. The molecule has 3 heteroatoms. The summed E-state index contributed by atoms with van der Waals surface area (Å²) in [6, 6.07) is 0. The monoisotopic (exact) mass is 178 g/mol. The van der Waals surface area contributed by atoms with E-state index in [1.165, 1.54) is 0 Å². The summed E-state index contributed by atoms with van der Waals surface area (Å²) in [5, 5.41) is 0. The summed E-state index contributed by atoms with van der Waals surface area (Å²) in [6.45, 7) is 1.95. The van der Waals surface area contributed by atoms with Crippen molar-refractivity contribution in [3.63, 3.8) is 0 Å². The Labute approximate surface area is 69.7 Å². The minimum Gasteiger partial charge on any atom is -0.296 e. The Balaban J connectivity index is 2.29. The van der Waals surface area contributed by atoms with E-state index in [1.807, 2.05) is 6.92 Å². The van der Waals surface area contributed by atoms with E-state index in [2.05, 4.69) is 0 Å². The van der Waals surface area contributed by atoms with Gasteiger partial charge in [0.15, 0.2) is 10.1 Å². The number of carbonyl (C=O) groups is 1. The Kier molecular flexibility index (Phi) is 1.06. The van der Waals surface area contributed by atoms with E-state index in [1.54, 1.807) is 0 Å². The van der Waals surface area contributed by atoms with Gasteiger partial charge in [-0.05, 0) is 12.8 Å². The summed E-state index contributed by atoms with van der Waals surface area (Å²) in [5.41, 5.74) is -0.0799. The second-order valence-corrected chi connectivity index (χ2v) is 4.72. The largest absolute Gasteiger partial charge is 0.296 e. The van der Waals surface area contributed by atoms with Crippen molar-refractivity contribution >= 4 is 29.0 Å². The maximum atomic E-state index is 11.2. The molecule has 1 spiro atoms. The van der Waals surface area contributed by atoms with Crippen LogP contribution in [0.3, 0.4) is 0 Å². The van der Waals surface area contributed by atoms with Crippen molar-refractivity contribution in [1.29, 1.82) is 0 Å². The molecule has 2 saturated carbocycles. The molecule has 2 fully saturated rings. The smallest absolute Gasteiger partial charge is 0.179 e. The maximum absolute atomic E-state index is 11.2. The van der Waals surface area contributed by atoms with Crippen LogP contribution in [0.25, 0.3) is 0 Å². The number of rotatable bonds is 0. The van der Waals surface area contributed by atoms with Gasteiger partial charge in [-0.3, -0.25) is 4.79 Å². The van der Waals surface area contributed by atoms with Crippen LogP contribution in [0.1, 0.15) is 19.8 Å². The average Bonchev–Trinajstić information content (AvgIpc) is 2.65. The highest BCUT2D eigenvalue weighted by molar-refractivity contribution is 6.61. The molecular formula is C7H8Cl2O. The lowest BCUT2D eigenvalue weighted by atomic mass is 9.69. The van der Waals surface area contributed by atoms with Gasteiger partial charge < -0.3 is 0 Å². The topological polar surface area (TPSA) is 17.1 Å². The number of hydrogen-bond donors (Lipinski definition) is 0. The molecule has 0 aliphatic heterocycles. The lowest BCUT2D eigenvalue weighted by molar-refractivity contribution is -0.137. The summed E-state index contributed by atoms with van der Waals surface area (Å²) in [6.07, 6.45) is 1.99. The van der Waals surface area contributed by atoms with E-state index in [9.17, 15) is 4.79 Å². The van der Waals surface area contributed by atoms with Crippen molar-refractivity contribution in [1.82, 2.24) is 0 Å². The maximum Gasteiger partial charge on any atom is 0.179 e. The molecule has 2 aliphatic rings. The fourth-order valence-electron chi connectivity index (χ4n) is 1.79. The zero-order valence-corrected chi connectivity index (χ0v) is 7.17. The summed E-state index contributed by atoms with van der Waals surface area (Å²) >= 11 is 11.5. The predicted molar refractivity (Wildman–Crippen MR) is 40.3 cm³/mol. The van der Waals surface area contributed by atoms with Crippen molar-refractivity contribution in [3.8, 4) is 0 Å². The standard InChI is InChI=1S/C7H8Cl2O/c1-4-6(2-3-6)5(10)7(4,8)9/h4H,2-3H2,1H3. The number of ketones is 1. The quantitative estimate of drug-likeness (QED) is 0.520. The fraction of sp³-hybridized carbons (Fsp3) is 0.857. The van der Waals surface area contributed by atoms with E-state index >= 15 is 0 Å². The highest BCUT2D eigenvalue weighted by Crippen LogP contribution is 2.69. The third-order valence-electron chi connectivity index (χ3n) is 2.92. The number of Topliss-reactive ketones (excluding diaryl/α,β-unsaturated/α-hetero) is 1. The molecule has 2 rings (SSSR count). The number of carbonyl (C=O) groups excluding carboxylic acids is 1. The van der Waals surface area contributed by atoms with Crippen LogP contribution < -0.4 is 0 Å². The number of hydrogen-bond acceptors (Lipinski definition) is 1. The summed E-state index contributed by atoms with van der Waals surface area (Å²) < 4.78 is -1.06. The van der Waals surface area contributed by atoms with Gasteiger partial charge in [-0.15, -0.1) is 0 Å². The minimum absolute atomic E-state index is 0.0517. The first-order chi connectivity index (χ1) is 4.52. The van der Waals surface area contributed by atoms with Crippen LogP contribution in [-0.4, -0.2) is 10.1 Å². The molecule has 0 radical (unpaired) electrons. The van der Waals surface area contributed by atoms with Crippen molar-refractivity contribution in [3.05, 3.63) is 0 Å². The molecule has 56 valence electrons. The van der Waals surface area contributed by atoms with Crippen LogP contribution in [0.2, 0.25) is 0 Å². The first-order valence-corrected chi connectivity index (χ1v) is 4.20. The third kappa shape index (κ3) is 0.507. The lowest BCUT2D eigenvalue weighted by Crippen LogP contribution is -2.56. The highest BCUT2D eigenvalue weighted by atomic mass is 35.5. The number of alkyl halides is 2. The first kappa shape index (κ1) is 6.93. The Morgan fingerprint density at radius 2 is 2.00 bits per heavy atom. The third-order valence-corrected chi connectivity index (χ3v) is 3.91. The van der Waals surface area contributed by atoms with Crippen LogP contribution in [0, 0.1) is 11.3 Å². The zero-order valence-electron chi connectivity index (χ0n) is 5.66. The van der Waals surface area contributed by atoms with Crippen molar-refractivity contribution in [2.24, 2.45) is 11.3 Å². The van der Waals surface area contributed by atoms with Gasteiger partial charge in [-0.2, -0.15) is 0 Å². The molecule has 0 amide bonds. The predicted octanol–water partition coefficient (Wildman–Crippen LogP) is 2.16. The molecule has 0 N–H and O–H groups in total. The molecule has 0 aromatic rings. The molecule has 1 atom stereocenters. The minimum atomic E-state index is -1.06. The van der Waals surface area contributed by atoms with E-state index in [-0.39, 0.29) is 17.1 Å². The van der Waals surface area contributed by atoms with Crippen molar-refractivity contribution in [2.75, 3.05) is 0 Å². The zero-order chi connectivity index (χ0) is 7.57. The SMILES string of the molecule is CC1C(Cl)(Cl)C(=O)C12CC2. The van der Waals surface area contributed by atoms with Gasteiger partial charge in [0, 0.05) is 11.3 Å². The molecule has 2 aliphatic carbocycles. The van der Waals surface area contributed by atoms with Crippen LogP contribution >= 0.6 is 23.2 Å². The van der Waals surface area contributed by atoms with Crippen LogP contribution in [0.4, 0.5) is 0 Å². The summed E-state index contributed by atoms with van der Waals surface area (Å²) in [5.74, 6) is 0.215. The lowest BCUT2D eigenvalue weighted by Gasteiger charge is -2.44. The van der Waals surface area contributed by atoms with Gasteiger partial charge >= 0.3 is 0 Å². The second kappa shape index (κ2) is 1.54. The fourth-order valence-corrected chi connectivity index (χ4v) is 2.58. The van der Waals surface area contributed by atoms with Gasteiger partial charge in [0.2, 0.25) is 0 Å². The molecule has 0 aromatic carbocycles. The van der Waals surface area contributed by atoms with Crippen molar-refractivity contribution < 1.29 is 4.79 Å². The molecule has 0 aromatic heterocycles. The summed E-state index contributed by atoms with van der Waals surface area (Å²) in [7, 11) is 0. The number of halogens is 2. The Morgan fingerprint density at radius 3 is 2.20 bits per heavy atom. The van der Waals surface area contributed by atoms with Gasteiger partial charge in [0.05, 0.1) is 0 Å². The molecule has 1 unspecified atom stereocenters. The van der Waals surface area contributed by atoms with Crippen molar-refractivity contribution in [2.45, 2.75) is 24.1 Å². The molecule has 0 bridgehead atoms. The van der Waals surface area contributed by atoms with E-state index < -0.39 is 4.33 Å². The molecule has 0 saturated heterocycles. The van der Waals surface area contributed by atoms with Gasteiger partial charge in [0.25, 0.3) is 0 Å². The first-order valence-electron chi connectivity index (χ1n) is 3.44. The Morgan fingerprint density at radius 1 is 1.50 bits per heavy atom. The molecule has 0 heterocycles. The Hall–Kier alpha value is 0.250.